The molecule has 0 bridgehead atoms. The molecule has 2 amide bonds. The second kappa shape index (κ2) is 7.57. The summed E-state index contributed by atoms with van der Waals surface area (Å²) in [4.78, 5) is 23.7. The van der Waals surface area contributed by atoms with Crippen molar-refractivity contribution in [2.75, 3.05) is 10.6 Å². The Kier molecular flexibility index (Phi) is 5.69. The number of hydrogen-bond donors (Lipinski definition) is 2. The standard InChI is InChI=1S/C17H14ClF3N2O2/c1-10-6-7-11(8-13(10)18)22-15(24)9-16(25)23-14-5-3-2-4-12(14)17(19,20)21/h2-8H,9H2,1H3,(H,22,24)(H,23,25). The number of benzene rings is 2. The second-order valence-electron chi connectivity index (χ2n) is 5.28. The fourth-order valence-corrected chi connectivity index (χ4v) is 2.24. The van der Waals surface area contributed by atoms with Crippen LogP contribution in [0.1, 0.15) is 17.5 Å². The largest absolute Gasteiger partial charge is 0.418 e. The Morgan fingerprint density at radius 3 is 2.32 bits per heavy atom. The molecule has 132 valence electrons. The maximum Gasteiger partial charge on any atom is 0.418 e. The van der Waals surface area contributed by atoms with Gasteiger partial charge in [0.1, 0.15) is 6.42 Å². The summed E-state index contributed by atoms with van der Waals surface area (Å²) in [5.74, 6) is -1.52. The molecule has 0 radical (unpaired) electrons. The van der Waals surface area contributed by atoms with Gasteiger partial charge in [0, 0.05) is 10.7 Å². The molecule has 0 saturated carbocycles. The van der Waals surface area contributed by atoms with Gasteiger partial charge in [0.05, 0.1) is 11.3 Å². The fraction of sp³-hybridized carbons (Fsp3) is 0.176. The molecule has 0 unspecified atom stereocenters. The van der Waals surface area contributed by atoms with E-state index in [2.05, 4.69) is 10.6 Å². The van der Waals surface area contributed by atoms with Crippen molar-refractivity contribution in [3.8, 4) is 0 Å². The van der Waals surface area contributed by atoms with Crippen LogP contribution < -0.4 is 10.6 Å². The molecule has 4 nitrogen and oxygen atoms in total. The molecular weight excluding hydrogens is 357 g/mol. The van der Waals surface area contributed by atoms with Gasteiger partial charge in [-0.05, 0) is 36.8 Å². The Labute approximate surface area is 147 Å². The maximum atomic E-state index is 12.9. The lowest BCUT2D eigenvalue weighted by Crippen LogP contribution is -2.22. The molecule has 2 aromatic rings. The zero-order valence-electron chi connectivity index (χ0n) is 13.1. The van der Waals surface area contributed by atoms with Crippen LogP contribution in [0.5, 0.6) is 0 Å². The number of amides is 2. The molecule has 8 heteroatoms. The quantitative estimate of drug-likeness (QED) is 0.771. The second-order valence-corrected chi connectivity index (χ2v) is 5.69. The number of para-hydroxylation sites is 1. The third-order valence-electron chi connectivity index (χ3n) is 3.28. The lowest BCUT2D eigenvalue weighted by molar-refractivity contribution is -0.137. The zero-order valence-corrected chi connectivity index (χ0v) is 13.8. The van der Waals surface area contributed by atoms with Crippen LogP contribution in [-0.4, -0.2) is 11.8 Å². The Hall–Kier alpha value is -2.54. The number of hydrogen-bond acceptors (Lipinski definition) is 2. The number of carbonyl (C=O) groups is 2. The van der Waals surface area contributed by atoms with Gasteiger partial charge >= 0.3 is 6.18 Å². The molecule has 0 saturated heterocycles. The van der Waals surface area contributed by atoms with Gasteiger partial charge in [0.25, 0.3) is 0 Å². The summed E-state index contributed by atoms with van der Waals surface area (Å²) in [5, 5.41) is 5.02. The van der Waals surface area contributed by atoms with E-state index >= 15 is 0 Å². The molecule has 0 atom stereocenters. The lowest BCUT2D eigenvalue weighted by atomic mass is 10.1. The van der Waals surface area contributed by atoms with Crippen molar-refractivity contribution in [1.29, 1.82) is 0 Å². The van der Waals surface area contributed by atoms with Crippen LogP contribution >= 0.6 is 11.6 Å². The Morgan fingerprint density at radius 1 is 1.04 bits per heavy atom. The third-order valence-corrected chi connectivity index (χ3v) is 3.69. The minimum Gasteiger partial charge on any atom is -0.326 e. The predicted octanol–water partition coefficient (Wildman–Crippen LogP) is 4.63. The Balaban J connectivity index is 2.01. The van der Waals surface area contributed by atoms with Crippen LogP contribution in [0.4, 0.5) is 24.5 Å². The van der Waals surface area contributed by atoms with Crippen molar-refractivity contribution in [2.24, 2.45) is 0 Å². The van der Waals surface area contributed by atoms with Gasteiger partial charge in [-0.2, -0.15) is 13.2 Å². The number of carbonyl (C=O) groups excluding carboxylic acids is 2. The normalized spacial score (nSPS) is 11.1. The highest BCUT2D eigenvalue weighted by molar-refractivity contribution is 6.31. The first kappa shape index (κ1) is 18.8. The molecule has 2 aromatic carbocycles. The highest BCUT2D eigenvalue weighted by atomic mass is 35.5. The smallest absolute Gasteiger partial charge is 0.326 e. The summed E-state index contributed by atoms with van der Waals surface area (Å²) in [6.07, 6.45) is -5.23. The van der Waals surface area contributed by atoms with Crippen LogP contribution in [0.25, 0.3) is 0 Å². The molecule has 0 aliphatic carbocycles. The van der Waals surface area contributed by atoms with Crippen molar-refractivity contribution in [3.63, 3.8) is 0 Å². The number of nitrogens with one attached hydrogen (secondary N) is 2. The highest BCUT2D eigenvalue weighted by Gasteiger charge is 2.33. The number of aryl methyl sites for hydroxylation is 1. The van der Waals surface area contributed by atoms with Gasteiger partial charge < -0.3 is 10.6 Å². The van der Waals surface area contributed by atoms with E-state index in [9.17, 15) is 22.8 Å². The van der Waals surface area contributed by atoms with Crippen molar-refractivity contribution in [3.05, 3.63) is 58.6 Å². The van der Waals surface area contributed by atoms with E-state index in [0.29, 0.717) is 10.7 Å². The number of alkyl halides is 3. The van der Waals surface area contributed by atoms with E-state index in [-0.39, 0.29) is 0 Å². The fourth-order valence-electron chi connectivity index (χ4n) is 2.06. The van der Waals surface area contributed by atoms with Gasteiger partial charge in [0.2, 0.25) is 11.8 Å². The lowest BCUT2D eigenvalue weighted by Gasteiger charge is -2.13. The Bertz CT molecular complexity index is 807. The van der Waals surface area contributed by atoms with E-state index in [4.69, 9.17) is 11.6 Å². The summed E-state index contributed by atoms with van der Waals surface area (Å²) >= 11 is 5.93. The summed E-state index contributed by atoms with van der Waals surface area (Å²) < 4.78 is 38.6. The average molecular weight is 371 g/mol. The Morgan fingerprint density at radius 2 is 1.68 bits per heavy atom. The van der Waals surface area contributed by atoms with Crippen molar-refractivity contribution >= 4 is 34.8 Å². The molecule has 0 aromatic heterocycles. The number of halogens is 4. The minimum atomic E-state index is -4.61. The summed E-state index contributed by atoms with van der Waals surface area (Å²) in [5.41, 5.74) is -0.162. The third kappa shape index (κ3) is 5.22. The van der Waals surface area contributed by atoms with E-state index < -0.39 is 35.7 Å². The maximum absolute atomic E-state index is 12.9. The molecule has 25 heavy (non-hydrogen) atoms. The van der Waals surface area contributed by atoms with Gasteiger partial charge in [0.15, 0.2) is 0 Å². The van der Waals surface area contributed by atoms with Crippen LogP contribution in [0.2, 0.25) is 5.02 Å². The zero-order chi connectivity index (χ0) is 18.6. The first-order valence-corrected chi connectivity index (χ1v) is 7.56. The van der Waals surface area contributed by atoms with Crippen LogP contribution in [0, 0.1) is 6.92 Å². The summed E-state index contributed by atoms with van der Waals surface area (Å²) in [7, 11) is 0. The minimum absolute atomic E-state index is 0.393. The molecule has 2 rings (SSSR count). The molecular formula is C17H14ClF3N2O2. The van der Waals surface area contributed by atoms with E-state index in [1.165, 1.54) is 18.2 Å². The highest BCUT2D eigenvalue weighted by Crippen LogP contribution is 2.34. The first-order valence-electron chi connectivity index (χ1n) is 7.19. The SMILES string of the molecule is Cc1ccc(NC(=O)CC(=O)Nc2ccccc2C(F)(F)F)cc1Cl. The van der Waals surface area contributed by atoms with E-state index in [0.717, 1.165) is 17.7 Å². The average Bonchev–Trinajstić information content (AvgIpc) is 2.50. The van der Waals surface area contributed by atoms with Crippen molar-refractivity contribution in [2.45, 2.75) is 19.5 Å². The molecule has 0 aliphatic heterocycles. The van der Waals surface area contributed by atoms with Crippen LogP contribution in [0.15, 0.2) is 42.5 Å². The van der Waals surface area contributed by atoms with Crippen molar-refractivity contribution < 1.29 is 22.8 Å². The monoisotopic (exact) mass is 370 g/mol. The summed E-state index contributed by atoms with van der Waals surface area (Å²) in [6, 6.07) is 9.37. The number of rotatable bonds is 4. The molecule has 0 heterocycles. The van der Waals surface area contributed by atoms with Gasteiger partial charge in [-0.3, -0.25) is 9.59 Å². The topological polar surface area (TPSA) is 58.2 Å². The molecule has 0 aliphatic rings. The van der Waals surface area contributed by atoms with Gasteiger partial charge in [-0.15, -0.1) is 0 Å². The van der Waals surface area contributed by atoms with Crippen LogP contribution in [-0.2, 0) is 15.8 Å². The van der Waals surface area contributed by atoms with E-state index in [1.807, 2.05) is 0 Å². The first-order chi connectivity index (χ1) is 11.7. The molecule has 0 spiro atoms. The van der Waals surface area contributed by atoms with E-state index in [1.54, 1.807) is 19.1 Å². The molecule has 2 N–H and O–H groups in total. The predicted molar refractivity (Wildman–Crippen MR) is 89.5 cm³/mol. The molecule has 0 fully saturated rings. The summed E-state index contributed by atoms with van der Waals surface area (Å²) in [6.45, 7) is 1.79. The van der Waals surface area contributed by atoms with Gasteiger partial charge in [-0.1, -0.05) is 29.8 Å². The van der Waals surface area contributed by atoms with Crippen molar-refractivity contribution in [1.82, 2.24) is 0 Å². The van der Waals surface area contributed by atoms with Crippen LogP contribution in [0.3, 0.4) is 0 Å². The van der Waals surface area contributed by atoms with Gasteiger partial charge in [-0.25, -0.2) is 0 Å². The number of anilines is 2.